The largest absolute Gasteiger partial charge is 0.339 e. The molecule has 1 aliphatic rings. The summed E-state index contributed by atoms with van der Waals surface area (Å²) in [5, 5.41) is 5.30. The van der Waals surface area contributed by atoms with Gasteiger partial charge in [-0.1, -0.05) is 60.7 Å². The van der Waals surface area contributed by atoms with Crippen LogP contribution in [0, 0.1) is 5.92 Å². The molecular formula is C26H24N4O2. The highest BCUT2D eigenvalue weighted by atomic mass is 16.2. The zero-order valence-electron chi connectivity index (χ0n) is 17.7. The van der Waals surface area contributed by atoms with Crippen LogP contribution in [0.25, 0.3) is 11.0 Å². The van der Waals surface area contributed by atoms with Crippen molar-refractivity contribution in [2.24, 2.45) is 5.92 Å². The fraction of sp³-hybridized carbons (Fsp3) is 0.231. The number of carbonyl (C=O) groups excluding carboxylic acids is 2. The third kappa shape index (κ3) is 4.04. The number of carbonyl (C=O) groups is 2. The Kier molecular flexibility index (Phi) is 5.50. The number of benzene rings is 2. The predicted octanol–water partition coefficient (Wildman–Crippen LogP) is 4.21. The van der Waals surface area contributed by atoms with E-state index in [-0.39, 0.29) is 17.6 Å². The van der Waals surface area contributed by atoms with E-state index in [4.69, 9.17) is 0 Å². The van der Waals surface area contributed by atoms with Gasteiger partial charge in [-0.25, -0.2) is 9.67 Å². The lowest BCUT2D eigenvalue weighted by molar-refractivity contribution is 0.0650. The second-order valence-corrected chi connectivity index (χ2v) is 8.22. The van der Waals surface area contributed by atoms with Crippen LogP contribution >= 0.6 is 0 Å². The van der Waals surface area contributed by atoms with Crippen molar-refractivity contribution in [2.45, 2.75) is 19.4 Å². The molecule has 1 aliphatic heterocycles. The zero-order chi connectivity index (χ0) is 21.9. The first-order valence-corrected chi connectivity index (χ1v) is 10.9. The highest BCUT2D eigenvalue weighted by Crippen LogP contribution is 2.24. The Morgan fingerprint density at radius 2 is 1.56 bits per heavy atom. The number of fused-ring (bicyclic) bond motifs is 1. The van der Waals surface area contributed by atoms with Crippen molar-refractivity contribution in [3.63, 3.8) is 0 Å². The third-order valence-corrected chi connectivity index (χ3v) is 6.11. The summed E-state index contributed by atoms with van der Waals surface area (Å²) in [7, 11) is 0. The molecular weight excluding hydrogens is 400 g/mol. The molecule has 32 heavy (non-hydrogen) atoms. The van der Waals surface area contributed by atoms with E-state index in [9.17, 15) is 9.59 Å². The summed E-state index contributed by atoms with van der Waals surface area (Å²) in [5.41, 5.74) is 3.22. The number of piperidine rings is 1. The molecule has 2 aromatic carbocycles. The standard InChI is InChI=1S/C26H24N4O2/c31-24(20-9-5-2-6-10-20)21-11-13-29(14-12-21)26(32)23-15-22-17-28-30(25(22)27-16-23)18-19-7-3-1-4-8-19/h1-10,15-17,21H,11-14,18H2. The molecule has 1 fully saturated rings. The van der Waals surface area contributed by atoms with Gasteiger partial charge in [0, 0.05) is 36.2 Å². The highest BCUT2D eigenvalue weighted by molar-refractivity contribution is 5.99. The number of ketones is 1. The van der Waals surface area contributed by atoms with Crippen LogP contribution in [0.1, 0.15) is 39.1 Å². The summed E-state index contributed by atoms with van der Waals surface area (Å²) in [5.74, 6) is 0.103. The van der Waals surface area contributed by atoms with Crippen molar-refractivity contribution in [2.75, 3.05) is 13.1 Å². The zero-order valence-corrected chi connectivity index (χ0v) is 17.7. The molecule has 2 aromatic heterocycles. The molecule has 0 aliphatic carbocycles. The minimum Gasteiger partial charge on any atom is -0.339 e. The van der Waals surface area contributed by atoms with Gasteiger partial charge in [-0.3, -0.25) is 9.59 Å². The Hall–Kier alpha value is -3.80. The molecule has 1 saturated heterocycles. The summed E-state index contributed by atoms with van der Waals surface area (Å²) in [6.45, 7) is 1.79. The molecule has 4 aromatic rings. The second kappa shape index (κ2) is 8.75. The average Bonchev–Trinajstić information content (AvgIpc) is 3.26. The lowest BCUT2D eigenvalue weighted by Gasteiger charge is -2.31. The fourth-order valence-corrected chi connectivity index (χ4v) is 4.33. The number of hydrogen-bond acceptors (Lipinski definition) is 4. The number of Topliss-reactive ketones (excluding diaryl/α,β-unsaturated/α-hetero) is 1. The predicted molar refractivity (Wildman–Crippen MR) is 122 cm³/mol. The maximum absolute atomic E-state index is 13.1. The smallest absolute Gasteiger partial charge is 0.255 e. The number of hydrogen-bond donors (Lipinski definition) is 0. The lowest BCUT2D eigenvalue weighted by atomic mass is 9.88. The summed E-state index contributed by atoms with van der Waals surface area (Å²) in [4.78, 5) is 32.1. The summed E-state index contributed by atoms with van der Waals surface area (Å²) >= 11 is 0. The van der Waals surface area contributed by atoms with Crippen LogP contribution in [0.2, 0.25) is 0 Å². The first-order valence-electron chi connectivity index (χ1n) is 10.9. The van der Waals surface area contributed by atoms with E-state index in [0.717, 1.165) is 22.2 Å². The topological polar surface area (TPSA) is 68.1 Å². The Morgan fingerprint density at radius 3 is 2.28 bits per heavy atom. The molecule has 0 unspecified atom stereocenters. The molecule has 0 atom stereocenters. The molecule has 6 nitrogen and oxygen atoms in total. The first-order chi connectivity index (χ1) is 15.7. The van der Waals surface area contributed by atoms with Gasteiger partial charge in [0.15, 0.2) is 11.4 Å². The van der Waals surface area contributed by atoms with Crippen LogP contribution < -0.4 is 0 Å². The van der Waals surface area contributed by atoms with E-state index >= 15 is 0 Å². The van der Waals surface area contributed by atoms with Gasteiger partial charge >= 0.3 is 0 Å². The normalized spacial score (nSPS) is 14.6. The fourth-order valence-electron chi connectivity index (χ4n) is 4.33. The minimum absolute atomic E-state index is 0.0294. The molecule has 0 spiro atoms. The van der Waals surface area contributed by atoms with Gasteiger partial charge in [-0.15, -0.1) is 0 Å². The molecule has 5 rings (SSSR count). The van der Waals surface area contributed by atoms with E-state index in [1.165, 1.54) is 0 Å². The van der Waals surface area contributed by atoms with Crippen molar-refractivity contribution in [1.29, 1.82) is 0 Å². The van der Waals surface area contributed by atoms with E-state index < -0.39 is 0 Å². The summed E-state index contributed by atoms with van der Waals surface area (Å²) in [6, 6.07) is 21.4. The maximum atomic E-state index is 13.1. The number of amides is 1. The number of aromatic nitrogens is 3. The molecule has 1 amide bonds. The van der Waals surface area contributed by atoms with Gasteiger partial charge in [0.1, 0.15) is 0 Å². The van der Waals surface area contributed by atoms with Gasteiger partial charge < -0.3 is 4.90 Å². The maximum Gasteiger partial charge on any atom is 0.255 e. The molecule has 160 valence electrons. The van der Waals surface area contributed by atoms with Gasteiger partial charge in [-0.2, -0.15) is 5.10 Å². The summed E-state index contributed by atoms with van der Waals surface area (Å²) in [6.07, 6.45) is 4.76. The number of nitrogens with zero attached hydrogens (tertiary/aromatic N) is 4. The quantitative estimate of drug-likeness (QED) is 0.450. The lowest BCUT2D eigenvalue weighted by Crippen LogP contribution is -2.40. The van der Waals surface area contributed by atoms with Crippen LogP contribution in [-0.4, -0.2) is 44.4 Å². The highest BCUT2D eigenvalue weighted by Gasteiger charge is 2.28. The summed E-state index contributed by atoms with van der Waals surface area (Å²) < 4.78 is 1.85. The van der Waals surface area contributed by atoms with Gasteiger partial charge in [0.05, 0.1) is 18.3 Å². The number of pyridine rings is 1. The minimum atomic E-state index is -0.0409. The van der Waals surface area contributed by atoms with Crippen molar-refractivity contribution < 1.29 is 9.59 Å². The molecule has 0 radical (unpaired) electrons. The van der Waals surface area contributed by atoms with Crippen molar-refractivity contribution in [1.82, 2.24) is 19.7 Å². The van der Waals surface area contributed by atoms with Crippen LogP contribution in [0.15, 0.2) is 79.1 Å². The third-order valence-electron chi connectivity index (χ3n) is 6.11. The van der Waals surface area contributed by atoms with Crippen LogP contribution in [0.4, 0.5) is 0 Å². The SMILES string of the molecule is O=C(c1ccccc1)C1CCN(C(=O)c2cnc3c(cnn3Cc3ccccc3)c2)CC1. The molecule has 0 N–H and O–H groups in total. The first kappa shape index (κ1) is 20.1. The molecule has 3 heterocycles. The van der Waals surface area contributed by atoms with Crippen LogP contribution in [0.3, 0.4) is 0 Å². The van der Waals surface area contributed by atoms with Crippen LogP contribution in [-0.2, 0) is 6.54 Å². The van der Waals surface area contributed by atoms with Gasteiger partial charge in [0.2, 0.25) is 0 Å². The van der Waals surface area contributed by atoms with Crippen molar-refractivity contribution in [3.05, 3.63) is 95.8 Å². The number of likely N-dealkylation sites (tertiary alicyclic amines) is 1. The van der Waals surface area contributed by atoms with Crippen molar-refractivity contribution >= 4 is 22.7 Å². The second-order valence-electron chi connectivity index (χ2n) is 8.22. The monoisotopic (exact) mass is 424 g/mol. The molecule has 0 saturated carbocycles. The molecule has 0 bridgehead atoms. The van der Waals surface area contributed by atoms with E-state index in [0.29, 0.717) is 38.0 Å². The average molecular weight is 425 g/mol. The Balaban J connectivity index is 1.26. The van der Waals surface area contributed by atoms with Gasteiger partial charge in [0.25, 0.3) is 5.91 Å². The van der Waals surface area contributed by atoms with E-state index in [1.807, 2.05) is 64.2 Å². The molecule has 6 heteroatoms. The van der Waals surface area contributed by atoms with E-state index in [2.05, 4.69) is 22.2 Å². The van der Waals surface area contributed by atoms with Crippen molar-refractivity contribution in [3.8, 4) is 0 Å². The van der Waals surface area contributed by atoms with Gasteiger partial charge in [-0.05, 0) is 24.5 Å². The van der Waals surface area contributed by atoms with E-state index in [1.54, 1.807) is 12.4 Å². The Bertz CT molecular complexity index is 1240. The van der Waals surface area contributed by atoms with Crippen LogP contribution in [0.5, 0.6) is 0 Å². The Morgan fingerprint density at radius 1 is 0.875 bits per heavy atom. The number of rotatable bonds is 5. The Labute approximate surface area is 186 Å².